The fourth-order valence-corrected chi connectivity index (χ4v) is 4.82. The van der Waals surface area contributed by atoms with E-state index in [1.54, 1.807) is 13.3 Å². The molecule has 0 aromatic carbocycles. The van der Waals surface area contributed by atoms with E-state index in [4.69, 9.17) is 9.47 Å². The van der Waals surface area contributed by atoms with Crippen LogP contribution in [-0.4, -0.2) is 67.3 Å². The van der Waals surface area contributed by atoms with Gasteiger partial charge in [0.1, 0.15) is 0 Å². The third kappa shape index (κ3) is 3.69. The van der Waals surface area contributed by atoms with Gasteiger partial charge in [0.2, 0.25) is 5.88 Å². The topological polar surface area (TPSA) is 37.8 Å². The zero-order valence-electron chi connectivity index (χ0n) is 15.6. The highest BCUT2D eigenvalue weighted by Gasteiger charge is 2.51. The Morgan fingerprint density at radius 1 is 1.20 bits per heavy atom. The molecule has 1 aromatic heterocycles. The molecule has 3 aliphatic rings. The number of hydrogen-bond acceptors (Lipinski definition) is 5. The predicted octanol–water partition coefficient (Wildman–Crippen LogP) is 2.41. The third-order valence-electron chi connectivity index (χ3n) is 6.20. The molecule has 1 aromatic rings. The average Bonchev–Trinajstić information content (AvgIpc) is 3.40. The van der Waals surface area contributed by atoms with Crippen molar-refractivity contribution in [2.45, 2.75) is 37.8 Å². The van der Waals surface area contributed by atoms with Crippen molar-refractivity contribution in [1.82, 2.24) is 14.8 Å². The van der Waals surface area contributed by atoms with E-state index in [9.17, 15) is 0 Å². The molecule has 1 atom stereocenters. The van der Waals surface area contributed by atoms with Gasteiger partial charge >= 0.3 is 0 Å². The number of rotatable bonds is 7. The van der Waals surface area contributed by atoms with Crippen molar-refractivity contribution >= 4 is 0 Å². The monoisotopic (exact) mass is 345 g/mol. The van der Waals surface area contributed by atoms with Crippen LogP contribution in [0, 0.1) is 11.8 Å². The van der Waals surface area contributed by atoms with Crippen molar-refractivity contribution in [3.05, 3.63) is 23.9 Å². The Kier molecular flexibility index (Phi) is 4.98. The molecule has 25 heavy (non-hydrogen) atoms. The lowest BCUT2D eigenvalue weighted by Gasteiger charge is -2.60. The van der Waals surface area contributed by atoms with Crippen molar-refractivity contribution in [1.29, 1.82) is 0 Å². The molecule has 2 aliphatic heterocycles. The summed E-state index contributed by atoms with van der Waals surface area (Å²) >= 11 is 0. The second kappa shape index (κ2) is 7.22. The fourth-order valence-electron chi connectivity index (χ4n) is 4.82. The molecule has 1 saturated carbocycles. The van der Waals surface area contributed by atoms with E-state index >= 15 is 0 Å². The van der Waals surface area contributed by atoms with Crippen LogP contribution < -0.4 is 4.74 Å². The maximum absolute atomic E-state index is 5.47. The SMILES string of the molecule is COCC1CCN(CC2CC2)C2(C1)CN(Cc1cccnc1OC)C2. The molecule has 0 amide bonds. The summed E-state index contributed by atoms with van der Waals surface area (Å²) in [6.45, 7) is 6.73. The lowest BCUT2D eigenvalue weighted by atomic mass is 9.74. The molecule has 3 heterocycles. The molecular weight excluding hydrogens is 314 g/mol. The van der Waals surface area contributed by atoms with Crippen LogP contribution in [0.3, 0.4) is 0 Å². The summed E-state index contributed by atoms with van der Waals surface area (Å²) in [6.07, 6.45) is 7.25. The largest absolute Gasteiger partial charge is 0.481 e. The molecule has 5 heteroatoms. The molecule has 1 spiro atoms. The van der Waals surface area contributed by atoms with E-state index in [-0.39, 0.29) is 0 Å². The van der Waals surface area contributed by atoms with E-state index in [1.807, 2.05) is 13.2 Å². The molecule has 5 nitrogen and oxygen atoms in total. The molecular formula is C20H31N3O2. The highest BCUT2D eigenvalue weighted by molar-refractivity contribution is 5.26. The summed E-state index contributed by atoms with van der Waals surface area (Å²) in [5, 5.41) is 0. The van der Waals surface area contributed by atoms with E-state index in [0.29, 0.717) is 5.54 Å². The quantitative estimate of drug-likeness (QED) is 0.759. The maximum atomic E-state index is 5.47. The van der Waals surface area contributed by atoms with Gasteiger partial charge in [0.25, 0.3) is 0 Å². The van der Waals surface area contributed by atoms with Crippen LogP contribution in [-0.2, 0) is 11.3 Å². The predicted molar refractivity (Wildman–Crippen MR) is 97.7 cm³/mol. The van der Waals surface area contributed by atoms with Crippen LogP contribution in [0.5, 0.6) is 5.88 Å². The van der Waals surface area contributed by atoms with Crippen LogP contribution in [0.2, 0.25) is 0 Å². The smallest absolute Gasteiger partial charge is 0.217 e. The summed E-state index contributed by atoms with van der Waals surface area (Å²) in [4.78, 5) is 9.70. The number of aromatic nitrogens is 1. The van der Waals surface area contributed by atoms with E-state index < -0.39 is 0 Å². The van der Waals surface area contributed by atoms with Gasteiger partial charge in [-0.2, -0.15) is 0 Å². The van der Waals surface area contributed by atoms with Crippen LogP contribution in [0.25, 0.3) is 0 Å². The summed E-state index contributed by atoms with van der Waals surface area (Å²) in [6, 6.07) is 4.13. The highest BCUT2D eigenvalue weighted by atomic mass is 16.5. The summed E-state index contributed by atoms with van der Waals surface area (Å²) in [5.74, 6) is 2.44. The molecule has 0 N–H and O–H groups in total. The van der Waals surface area contributed by atoms with Crippen LogP contribution in [0.1, 0.15) is 31.2 Å². The Morgan fingerprint density at radius 2 is 2.04 bits per heavy atom. The van der Waals surface area contributed by atoms with E-state index in [2.05, 4.69) is 20.9 Å². The van der Waals surface area contributed by atoms with Gasteiger partial charge in [-0.3, -0.25) is 9.80 Å². The molecule has 0 radical (unpaired) electrons. The molecule has 2 saturated heterocycles. The maximum Gasteiger partial charge on any atom is 0.217 e. The Balaban J connectivity index is 1.41. The first-order valence-corrected chi connectivity index (χ1v) is 9.66. The summed E-state index contributed by atoms with van der Waals surface area (Å²) in [7, 11) is 3.54. The van der Waals surface area contributed by atoms with Gasteiger partial charge in [-0.25, -0.2) is 4.98 Å². The molecule has 4 rings (SSSR count). The zero-order chi connectivity index (χ0) is 17.3. The minimum atomic E-state index is 0.374. The van der Waals surface area contributed by atoms with Gasteiger partial charge in [-0.05, 0) is 50.1 Å². The molecule has 0 bridgehead atoms. The minimum Gasteiger partial charge on any atom is -0.481 e. The molecule has 1 unspecified atom stereocenters. The Morgan fingerprint density at radius 3 is 2.76 bits per heavy atom. The average molecular weight is 345 g/mol. The van der Waals surface area contributed by atoms with Crippen molar-refractivity contribution in [3.63, 3.8) is 0 Å². The molecule has 138 valence electrons. The Hall–Kier alpha value is -1.17. The fraction of sp³-hybridized carbons (Fsp3) is 0.750. The first kappa shape index (κ1) is 17.3. The van der Waals surface area contributed by atoms with Crippen molar-refractivity contribution in [3.8, 4) is 5.88 Å². The number of nitrogens with zero attached hydrogens (tertiary/aromatic N) is 3. The lowest BCUT2D eigenvalue weighted by Crippen LogP contribution is -2.72. The third-order valence-corrected chi connectivity index (χ3v) is 6.20. The minimum absolute atomic E-state index is 0.374. The number of likely N-dealkylation sites (tertiary alicyclic amines) is 2. The number of piperidine rings is 1. The second-order valence-electron chi connectivity index (χ2n) is 8.24. The van der Waals surface area contributed by atoms with Crippen molar-refractivity contribution in [2.24, 2.45) is 11.8 Å². The van der Waals surface area contributed by atoms with Crippen LogP contribution in [0.4, 0.5) is 0 Å². The first-order chi connectivity index (χ1) is 12.2. The normalized spacial score (nSPS) is 26.6. The number of ether oxygens (including phenoxy) is 2. The van der Waals surface area contributed by atoms with Gasteiger partial charge in [0, 0.05) is 57.2 Å². The lowest BCUT2D eigenvalue weighted by molar-refractivity contribution is -0.104. The summed E-state index contributed by atoms with van der Waals surface area (Å²) < 4.78 is 10.9. The van der Waals surface area contributed by atoms with Crippen LogP contribution in [0.15, 0.2) is 18.3 Å². The van der Waals surface area contributed by atoms with Crippen molar-refractivity contribution < 1.29 is 9.47 Å². The van der Waals surface area contributed by atoms with E-state index in [0.717, 1.165) is 44.0 Å². The van der Waals surface area contributed by atoms with Gasteiger partial charge in [0.05, 0.1) is 7.11 Å². The van der Waals surface area contributed by atoms with Gasteiger partial charge < -0.3 is 9.47 Å². The highest BCUT2D eigenvalue weighted by Crippen LogP contribution is 2.42. The van der Waals surface area contributed by atoms with E-state index in [1.165, 1.54) is 44.3 Å². The standard InChI is InChI=1S/C20H31N3O2/c1-24-13-17-7-9-23(11-16-5-6-16)20(10-17)14-22(15-20)12-18-4-3-8-21-19(18)25-2/h3-4,8,16-17H,5-7,9-15H2,1-2H3. The van der Waals surface area contributed by atoms with Crippen LogP contribution >= 0.6 is 0 Å². The first-order valence-electron chi connectivity index (χ1n) is 9.66. The van der Waals surface area contributed by atoms with Gasteiger partial charge in [0.15, 0.2) is 0 Å². The Bertz CT molecular complexity index is 584. The summed E-state index contributed by atoms with van der Waals surface area (Å²) in [5.41, 5.74) is 1.57. The zero-order valence-corrected chi connectivity index (χ0v) is 15.6. The molecule has 3 fully saturated rings. The Labute approximate surface area is 151 Å². The number of hydrogen-bond donors (Lipinski definition) is 0. The number of methoxy groups -OCH3 is 2. The second-order valence-corrected chi connectivity index (χ2v) is 8.24. The van der Waals surface area contributed by atoms with Gasteiger partial charge in [-0.1, -0.05) is 6.07 Å². The van der Waals surface area contributed by atoms with Gasteiger partial charge in [-0.15, -0.1) is 0 Å². The molecule has 1 aliphatic carbocycles. The van der Waals surface area contributed by atoms with Crippen molar-refractivity contribution in [2.75, 3.05) is 47.0 Å². The number of pyridine rings is 1.